The van der Waals surface area contributed by atoms with Crippen molar-refractivity contribution in [2.45, 2.75) is 50.7 Å². The molecule has 1 fully saturated rings. The number of carbonyl (C=O) groups is 3. The molecule has 0 aliphatic heterocycles. The highest BCUT2D eigenvalue weighted by Gasteiger charge is 2.35. The van der Waals surface area contributed by atoms with E-state index in [1.165, 1.54) is 19.1 Å². The third-order valence-corrected chi connectivity index (χ3v) is 5.36. The number of amides is 1. The molecule has 1 N–H and O–H groups in total. The summed E-state index contributed by atoms with van der Waals surface area (Å²) in [7, 11) is 0. The van der Waals surface area contributed by atoms with Gasteiger partial charge >= 0.3 is 5.97 Å². The first kappa shape index (κ1) is 21.3. The van der Waals surface area contributed by atoms with Gasteiger partial charge in [0, 0.05) is 11.1 Å². The summed E-state index contributed by atoms with van der Waals surface area (Å²) in [6.45, 7) is 1.48. The summed E-state index contributed by atoms with van der Waals surface area (Å²) < 4.78 is 5.27. The summed E-state index contributed by atoms with van der Waals surface area (Å²) in [4.78, 5) is 37.3. The summed E-state index contributed by atoms with van der Waals surface area (Å²) in [6.07, 6.45) is 2.99. The van der Waals surface area contributed by atoms with Crippen molar-refractivity contribution in [3.63, 3.8) is 0 Å². The lowest BCUT2D eigenvalue weighted by Crippen LogP contribution is -2.52. The largest absolute Gasteiger partial charge is 0.449 e. The van der Waals surface area contributed by atoms with Crippen LogP contribution in [-0.2, 0) is 9.53 Å². The van der Waals surface area contributed by atoms with Crippen molar-refractivity contribution in [2.24, 2.45) is 0 Å². The molecule has 0 aromatic heterocycles. The minimum Gasteiger partial charge on any atom is -0.449 e. The van der Waals surface area contributed by atoms with Crippen LogP contribution in [0.4, 0.5) is 0 Å². The number of rotatable bonds is 6. The van der Waals surface area contributed by atoms with Gasteiger partial charge in [0.1, 0.15) is 5.54 Å². The van der Waals surface area contributed by atoms with Crippen LogP contribution in [0.3, 0.4) is 0 Å². The monoisotopic (exact) mass is 404 g/mol. The number of esters is 1. The Balaban J connectivity index is 1.60. The van der Waals surface area contributed by atoms with Crippen molar-refractivity contribution >= 4 is 17.7 Å². The third-order valence-electron chi connectivity index (χ3n) is 5.36. The lowest BCUT2D eigenvalue weighted by molar-refractivity contribution is -0.130. The molecular formula is C24H24N2O4. The van der Waals surface area contributed by atoms with E-state index in [0.29, 0.717) is 24.0 Å². The standard InChI is InChI=1S/C24H24N2O4/c1-17(22(28)26-24(16-25)14-6-3-7-15-24)30-23(29)20-12-10-19(11-13-20)21(27)18-8-4-2-5-9-18/h2,4-5,8-13,17H,3,6-7,14-15H2,1H3,(H,26,28). The van der Waals surface area contributed by atoms with Gasteiger partial charge in [-0.2, -0.15) is 5.26 Å². The zero-order valence-corrected chi connectivity index (χ0v) is 16.9. The number of ether oxygens (including phenoxy) is 1. The van der Waals surface area contributed by atoms with Crippen molar-refractivity contribution in [2.75, 3.05) is 0 Å². The van der Waals surface area contributed by atoms with Gasteiger partial charge in [-0.05, 0) is 31.9 Å². The van der Waals surface area contributed by atoms with Gasteiger partial charge in [-0.15, -0.1) is 0 Å². The molecule has 6 heteroatoms. The number of nitriles is 1. The number of carbonyl (C=O) groups excluding carboxylic acids is 3. The second-order valence-corrected chi connectivity index (χ2v) is 7.56. The van der Waals surface area contributed by atoms with Crippen LogP contribution in [0, 0.1) is 11.3 Å². The fourth-order valence-electron chi connectivity index (χ4n) is 3.55. The number of ketones is 1. The predicted octanol–water partition coefficient (Wildman–Crippen LogP) is 3.81. The lowest BCUT2D eigenvalue weighted by Gasteiger charge is -2.32. The molecule has 1 atom stereocenters. The van der Waals surface area contributed by atoms with Gasteiger partial charge < -0.3 is 10.1 Å². The van der Waals surface area contributed by atoms with Crippen LogP contribution in [0.15, 0.2) is 54.6 Å². The molecule has 1 aliphatic rings. The summed E-state index contributed by atoms with van der Waals surface area (Å²) in [5, 5.41) is 12.2. The van der Waals surface area contributed by atoms with Crippen LogP contribution in [0.1, 0.15) is 65.3 Å². The van der Waals surface area contributed by atoms with Crippen molar-refractivity contribution in [3.8, 4) is 6.07 Å². The first-order valence-corrected chi connectivity index (χ1v) is 10.1. The quantitative estimate of drug-likeness (QED) is 0.583. The van der Waals surface area contributed by atoms with Crippen LogP contribution in [0.25, 0.3) is 0 Å². The summed E-state index contributed by atoms with van der Waals surface area (Å²) in [5.74, 6) is -1.29. The zero-order chi connectivity index (χ0) is 21.6. The number of hydrogen-bond donors (Lipinski definition) is 1. The molecule has 0 saturated heterocycles. The van der Waals surface area contributed by atoms with Crippen molar-refractivity contribution in [1.29, 1.82) is 5.26 Å². The minimum absolute atomic E-state index is 0.141. The molecule has 1 unspecified atom stereocenters. The Hall–Kier alpha value is -3.46. The maximum absolute atomic E-state index is 12.5. The highest BCUT2D eigenvalue weighted by atomic mass is 16.5. The van der Waals surface area contributed by atoms with Gasteiger partial charge in [-0.25, -0.2) is 4.79 Å². The minimum atomic E-state index is -1.03. The van der Waals surface area contributed by atoms with Gasteiger partial charge in [-0.1, -0.05) is 61.7 Å². The number of nitrogens with zero attached hydrogens (tertiary/aromatic N) is 1. The number of hydrogen-bond acceptors (Lipinski definition) is 5. The van der Waals surface area contributed by atoms with E-state index in [1.54, 1.807) is 36.4 Å². The van der Waals surface area contributed by atoms with E-state index in [4.69, 9.17) is 4.74 Å². The van der Waals surface area contributed by atoms with E-state index in [1.807, 2.05) is 6.07 Å². The first-order chi connectivity index (χ1) is 14.4. The zero-order valence-electron chi connectivity index (χ0n) is 16.9. The maximum Gasteiger partial charge on any atom is 0.338 e. The highest BCUT2D eigenvalue weighted by Crippen LogP contribution is 2.27. The fraction of sp³-hybridized carbons (Fsp3) is 0.333. The van der Waals surface area contributed by atoms with Crippen LogP contribution in [0.5, 0.6) is 0 Å². The molecule has 0 spiro atoms. The maximum atomic E-state index is 12.5. The molecular weight excluding hydrogens is 380 g/mol. The number of benzene rings is 2. The Labute approximate surface area is 175 Å². The Morgan fingerprint density at radius 1 is 0.933 bits per heavy atom. The van der Waals surface area contributed by atoms with Crippen molar-refractivity contribution in [3.05, 3.63) is 71.3 Å². The van der Waals surface area contributed by atoms with Crippen LogP contribution < -0.4 is 5.32 Å². The molecule has 0 heterocycles. The Morgan fingerprint density at radius 3 is 2.10 bits per heavy atom. The molecule has 0 radical (unpaired) electrons. The molecule has 30 heavy (non-hydrogen) atoms. The van der Waals surface area contributed by atoms with Crippen LogP contribution in [-0.4, -0.2) is 29.3 Å². The molecule has 1 saturated carbocycles. The molecule has 0 bridgehead atoms. The van der Waals surface area contributed by atoms with E-state index in [2.05, 4.69) is 11.4 Å². The van der Waals surface area contributed by atoms with E-state index in [9.17, 15) is 19.6 Å². The van der Waals surface area contributed by atoms with Gasteiger partial charge in [0.05, 0.1) is 11.6 Å². The SMILES string of the molecule is CC(OC(=O)c1ccc(C(=O)c2ccccc2)cc1)C(=O)NC1(C#N)CCCCC1. The van der Waals surface area contributed by atoms with Gasteiger partial charge in [0.25, 0.3) is 5.91 Å². The molecule has 1 amide bonds. The topological polar surface area (TPSA) is 96.3 Å². The Bertz CT molecular complexity index is 955. The molecule has 2 aromatic rings. The Morgan fingerprint density at radius 2 is 1.50 bits per heavy atom. The second kappa shape index (κ2) is 9.36. The normalized spacial score (nSPS) is 16.0. The van der Waals surface area contributed by atoms with Crippen molar-refractivity contribution in [1.82, 2.24) is 5.32 Å². The molecule has 2 aromatic carbocycles. The third kappa shape index (κ3) is 4.93. The smallest absolute Gasteiger partial charge is 0.338 e. The summed E-state index contributed by atoms with van der Waals surface area (Å²) in [6, 6.07) is 17.2. The molecule has 1 aliphatic carbocycles. The molecule has 6 nitrogen and oxygen atoms in total. The highest BCUT2D eigenvalue weighted by molar-refractivity contribution is 6.09. The molecule has 3 rings (SSSR count). The predicted molar refractivity (Wildman–Crippen MR) is 111 cm³/mol. The van der Waals surface area contributed by atoms with E-state index in [-0.39, 0.29) is 11.3 Å². The first-order valence-electron chi connectivity index (χ1n) is 10.1. The summed E-state index contributed by atoms with van der Waals surface area (Å²) >= 11 is 0. The van der Waals surface area contributed by atoms with E-state index in [0.717, 1.165) is 19.3 Å². The molecule has 154 valence electrons. The number of nitrogens with one attached hydrogen (secondary N) is 1. The van der Waals surface area contributed by atoms with E-state index >= 15 is 0 Å². The average Bonchev–Trinajstić information content (AvgIpc) is 2.79. The average molecular weight is 404 g/mol. The van der Waals surface area contributed by atoms with Gasteiger partial charge in [0.15, 0.2) is 11.9 Å². The Kier molecular flexibility index (Phi) is 6.63. The second-order valence-electron chi connectivity index (χ2n) is 7.56. The van der Waals surface area contributed by atoms with E-state index < -0.39 is 23.5 Å². The van der Waals surface area contributed by atoms with Crippen LogP contribution in [0.2, 0.25) is 0 Å². The van der Waals surface area contributed by atoms with Crippen LogP contribution >= 0.6 is 0 Å². The summed E-state index contributed by atoms with van der Waals surface area (Å²) in [5.41, 5.74) is 0.381. The fourth-order valence-corrected chi connectivity index (χ4v) is 3.55. The van der Waals surface area contributed by atoms with Gasteiger partial charge in [0.2, 0.25) is 0 Å². The lowest BCUT2D eigenvalue weighted by atomic mass is 9.83. The van der Waals surface area contributed by atoms with Crippen molar-refractivity contribution < 1.29 is 19.1 Å². The van der Waals surface area contributed by atoms with Gasteiger partial charge in [-0.3, -0.25) is 9.59 Å².